The molecule has 0 radical (unpaired) electrons. The van der Waals surface area contributed by atoms with Crippen molar-refractivity contribution < 1.29 is 19.4 Å². The molecular formula is C14H17N3O4. The van der Waals surface area contributed by atoms with Crippen LogP contribution in [0.4, 0.5) is 0 Å². The van der Waals surface area contributed by atoms with E-state index in [2.05, 4.69) is 15.5 Å². The molecule has 7 nitrogen and oxygen atoms in total. The molecule has 1 atom stereocenters. The number of aromatic nitrogens is 2. The van der Waals surface area contributed by atoms with E-state index in [1.807, 2.05) is 13.0 Å². The van der Waals surface area contributed by atoms with Crippen molar-refractivity contribution in [3.8, 4) is 0 Å². The number of hydrogen-bond donors (Lipinski definition) is 3. The maximum absolute atomic E-state index is 12.4. The Labute approximate surface area is 121 Å². The molecule has 0 saturated carbocycles. The smallest absolute Gasteiger partial charge is 0.331 e. The largest absolute Gasteiger partial charge is 0.479 e. The molecule has 0 saturated heterocycles. The molecule has 0 spiro atoms. The molecule has 7 heteroatoms. The highest BCUT2D eigenvalue weighted by atomic mass is 16.5. The van der Waals surface area contributed by atoms with Gasteiger partial charge in [-0.1, -0.05) is 0 Å². The quantitative estimate of drug-likeness (QED) is 0.765. The third-order valence-corrected chi connectivity index (χ3v) is 3.23. The van der Waals surface area contributed by atoms with E-state index in [-0.39, 0.29) is 6.61 Å². The normalized spacial score (nSPS) is 13.9. The summed E-state index contributed by atoms with van der Waals surface area (Å²) >= 11 is 0. The van der Waals surface area contributed by atoms with Crippen LogP contribution in [0.25, 0.3) is 10.9 Å². The zero-order chi connectivity index (χ0) is 15.6. The number of nitrogens with zero attached hydrogens (tertiary/aromatic N) is 1. The Morgan fingerprint density at radius 3 is 2.81 bits per heavy atom. The minimum atomic E-state index is -1.50. The second-order valence-corrected chi connectivity index (χ2v) is 5.17. The zero-order valence-corrected chi connectivity index (χ0v) is 12.1. The van der Waals surface area contributed by atoms with Crippen molar-refractivity contribution >= 4 is 22.8 Å². The van der Waals surface area contributed by atoms with Crippen LogP contribution in [0, 0.1) is 6.92 Å². The van der Waals surface area contributed by atoms with Gasteiger partial charge < -0.3 is 15.2 Å². The fraction of sp³-hybridized carbons (Fsp3) is 0.357. The third-order valence-electron chi connectivity index (χ3n) is 3.23. The fourth-order valence-electron chi connectivity index (χ4n) is 2.14. The summed E-state index contributed by atoms with van der Waals surface area (Å²) in [6.45, 7) is 3.12. The van der Waals surface area contributed by atoms with Gasteiger partial charge in [-0.3, -0.25) is 9.89 Å². The van der Waals surface area contributed by atoms with Crippen LogP contribution in [-0.4, -0.2) is 46.4 Å². The van der Waals surface area contributed by atoms with E-state index in [0.717, 1.165) is 10.9 Å². The second kappa shape index (κ2) is 5.53. The van der Waals surface area contributed by atoms with Crippen LogP contribution in [0.2, 0.25) is 0 Å². The lowest BCUT2D eigenvalue weighted by molar-refractivity contribution is -0.145. The predicted octanol–water partition coefficient (Wildman–Crippen LogP) is 1.09. The number of ether oxygens (including phenoxy) is 1. The minimum absolute atomic E-state index is 0.133. The molecule has 0 aliphatic heterocycles. The molecule has 3 N–H and O–H groups in total. The van der Waals surface area contributed by atoms with Gasteiger partial charge in [0.1, 0.15) is 0 Å². The van der Waals surface area contributed by atoms with Gasteiger partial charge in [-0.2, -0.15) is 5.10 Å². The monoisotopic (exact) mass is 291 g/mol. The number of carboxylic acid groups (broad SMARTS) is 1. The Morgan fingerprint density at radius 2 is 2.19 bits per heavy atom. The standard InChI is InChI=1S/C14H17N3O4/c1-8-4-9-6-15-17-11(9)10(5-8)12(18)16-14(2,7-21-3)13(19)20/h4-6H,7H2,1-3H3,(H,15,17)(H,16,18)(H,19,20). The number of amides is 1. The molecule has 112 valence electrons. The number of aryl methyl sites for hydroxylation is 1. The lowest BCUT2D eigenvalue weighted by Gasteiger charge is -2.25. The first kappa shape index (κ1) is 15.0. The number of rotatable bonds is 5. The van der Waals surface area contributed by atoms with Crippen molar-refractivity contribution in [1.82, 2.24) is 15.5 Å². The summed E-state index contributed by atoms with van der Waals surface area (Å²) in [4.78, 5) is 23.8. The number of H-pyrrole nitrogens is 1. The van der Waals surface area contributed by atoms with Crippen LogP contribution in [0.3, 0.4) is 0 Å². The average Bonchev–Trinajstić information content (AvgIpc) is 2.85. The Hall–Kier alpha value is -2.41. The van der Waals surface area contributed by atoms with Gasteiger partial charge in [-0.15, -0.1) is 0 Å². The summed E-state index contributed by atoms with van der Waals surface area (Å²) < 4.78 is 4.89. The molecule has 21 heavy (non-hydrogen) atoms. The van der Waals surface area contributed by atoms with Crippen molar-refractivity contribution in [1.29, 1.82) is 0 Å². The highest BCUT2D eigenvalue weighted by molar-refractivity contribution is 6.07. The van der Waals surface area contributed by atoms with Crippen molar-refractivity contribution in [3.63, 3.8) is 0 Å². The summed E-state index contributed by atoms with van der Waals surface area (Å²) in [6, 6.07) is 3.58. The molecule has 0 aliphatic rings. The molecule has 2 rings (SSSR count). The third kappa shape index (κ3) is 2.87. The number of benzene rings is 1. The van der Waals surface area contributed by atoms with Gasteiger partial charge >= 0.3 is 5.97 Å². The van der Waals surface area contributed by atoms with E-state index in [4.69, 9.17) is 4.74 Å². The van der Waals surface area contributed by atoms with Crippen LogP contribution in [0.1, 0.15) is 22.8 Å². The summed E-state index contributed by atoms with van der Waals surface area (Å²) in [7, 11) is 1.38. The Bertz CT molecular complexity index is 695. The number of carbonyl (C=O) groups excluding carboxylic acids is 1. The fourth-order valence-corrected chi connectivity index (χ4v) is 2.14. The van der Waals surface area contributed by atoms with E-state index in [1.54, 1.807) is 12.3 Å². The van der Waals surface area contributed by atoms with Gasteiger partial charge in [0.05, 0.1) is 23.9 Å². The molecule has 1 aromatic carbocycles. The predicted molar refractivity (Wildman–Crippen MR) is 76.2 cm³/mol. The number of hydrogen-bond acceptors (Lipinski definition) is 4. The van der Waals surface area contributed by atoms with E-state index in [9.17, 15) is 14.7 Å². The summed E-state index contributed by atoms with van der Waals surface area (Å²) in [5, 5.41) is 19.2. The average molecular weight is 291 g/mol. The van der Waals surface area contributed by atoms with Gasteiger partial charge in [-0.25, -0.2) is 4.79 Å². The van der Waals surface area contributed by atoms with E-state index in [1.165, 1.54) is 14.0 Å². The van der Waals surface area contributed by atoms with Crippen LogP contribution in [0.5, 0.6) is 0 Å². The molecule has 2 aromatic rings. The minimum Gasteiger partial charge on any atom is -0.479 e. The molecule has 1 heterocycles. The van der Waals surface area contributed by atoms with Crippen LogP contribution in [-0.2, 0) is 9.53 Å². The molecular weight excluding hydrogens is 274 g/mol. The number of carboxylic acids is 1. The number of aliphatic carboxylic acids is 1. The van der Waals surface area contributed by atoms with E-state index < -0.39 is 17.4 Å². The molecule has 0 fully saturated rings. The van der Waals surface area contributed by atoms with Gasteiger partial charge in [0.25, 0.3) is 5.91 Å². The maximum Gasteiger partial charge on any atom is 0.331 e. The van der Waals surface area contributed by atoms with Crippen LogP contribution >= 0.6 is 0 Å². The van der Waals surface area contributed by atoms with Crippen molar-refractivity contribution in [2.75, 3.05) is 13.7 Å². The first-order valence-electron chi connectivity index (χ1n) is 6.36. The lowest BCUT2D eigenvalue weighted by atomic mass is 10.0. The van der Waals surface area contributed by atoms with E-state index >= 15 is 0 Å². The molecule has 0 aliphatic carbocycles. The highest BCUT2D eigenvalue weighted by Crippen LogP contribution is 2.19. The molecule has 1 amide bonds. The number of nitrogens with one attached hydrogen (secondary N) is 2. The SMILES string of the molecule is COCC(C)(NC(=O)c1cc(C)cc2cn[nH]c12)C(=O)O. The van der Waals surface area contributed by atoms with Crippen LogP contribution in [0.15, 0.2) is 18.3 Å². The van der Waals surface area contributed by atoms with Crippen molar-refractivity contribution in [2.24, 2.45) is 0 Å². The van der Waals surface area contributed by atoms with Gasteiger partial charge in [0.15, 0.2) is 5.54 Å². The van der Waals surface area contributed by atoms with Gasteiger partial charge in [-0.05, 0) is 31.5 Å². The Balaban J connectivity index is 2.38. The molecule has 0 bridgehead atoms. The number of methoxy groups -OCH3 is 1. The molecule has 1 unspecified atom stereocenters. The van der Waals surface area contributed by atoms with Crippen molar-refractivity contribution in [2.45, 2.75) is 19.4 Å². The lowest BCUT2D eigenvalue weighted by Crippen LogP contribution is -2.55. The van der Waals surface area contributed by atoms with Gasteiger partial charge in [0, 0.05) is 12.5 Å². The van der Waals surface area contributed by atoms with Crippen molar-refractivity contribution in [3.05, 3.63) is 29.5 Å². The zero-order valence-electron chi connectivity index (χ0n) is 12.1. The summed E-state index contributed by atoms with van der Waals surface area (Å²) in [5.74, 6) is -1.65. The highest BCUT2D eigenvalue weighted by Gasteiger charge is 2.35. The summed E-state index contributed by atoms with van der Waals surface area (Å²) in [6.07, 6.45) is 1.62. The summed E-state index contributed by atoms with van der Waals surface area (Å²) in [5.41, 5.74) is 0.314. The Kier molecular flexibility index (Phi) is 3.95. The maximum atomic E-state index is 12.4. The number of carbonyl (C=O) groups is 2. The Morgan fingerprint density at radius 1 is 1.48 bits per heavy atom. The molecule has 1 aromatic heterocycles. The second-order valence-electron chi connectivity index (χ2n) is 5.17. The number of fused-ring (bicyclic) bond motifs is 1. The topological polar surface area (TPSA) is 104 Å². The first-order valence-corrected chi connectivity index (χ1v) is 6.36. The first-order chi connectivity index (χ1) is 9.87. The van der Waals surface area contributed by atoms with Gasteiger partial charge in [0.2, 0.25) is 0 Å². The van der Waals surface area contributed by atoms with E-state index in [0.29, 0.717) is 11.1 Å². The van der Waals surface area contributed by atoms with Crippen LogP contribution < -0.4 is 5.32 Å². The number of aromatic amines is 1.